The van der Waals surface area contributed by atoms with Crippen molar-refractivity contribution in [2.24, 2.45) is 11.0 Å². The molecule has 1 aliphatic heterocycles. The second-order valence-electron chi connectivity index (χ2n) is 8.35. The van der Waals surface area contributed by atoms with E-state index < -0.39 is 29.7 Å². The van der Waals surface area contributed by atoms with E-state index in [1.165, 1.54) is 12.1 Å². The third-order valence-corrected chi connectivity index (χ3v) is 5.63. The van der Waals surface area contributed by atoms with Crippen LogP contribution in [-0.2, 0) is 9.59 Å². The predicted molar refractivity (Wildman–Crippen MR) is 137 cm³/mol. The number of urea groups is 1. The van der Waals surface area contributed by atoms with E-state index >= 15 is 0 Å². The summed E-state index contributed by atoms with van der Waals surface area (Å²) in [5, 5.41) is 8.64. The van der Waals surface area contributed by atoms with Crippen molar-refractivity contribution in [3.05, 3.63) is 95.1 Å². The number of imide groups is 2. The van der Waals surface area contributed by atoms with Gasteiger partial charge in [-0.3, -0.25) is 24.5 Å². The van der Waals surface area contributed by atoms with Gasteiger partial charge in [-0.2, -0.15) is 5.10 Å². The van der Waals surface area contributed by atoms with Crippen molar-refractivity contribution in [3.63, 3.8) is 0 Å². The first-order valence-electron chi connectivity index (χ1n) is 11.3. The van der Waals surface area contributed by atoms with Crippen molar-refractivity contribution in [3.8, 4) is 0 Å². The summed E-state index contributed by atoms with van der Waals surface area (Å²) in [6, 6.07) is 19.2. The van der Waals surface area contributed by atoms with Crippen molar-refractivity contribution in [2.45, 2.75) is 13.8 Å². The highest BCUT2D eigenvalue weighted by molar-refractivity contribution is 6.32. The summed E-state index contributed by atoms with van der Waals surface area (Å²) in [6.07, 6.45) is 0.976. The molecule has 10 heteroatoms. The van der Waals surface area contributed by atoms with Gasteiger partial charge in [-0.25, -0.2) is 15.1 Å². The number of benzene rings is 3. The van der Waals surface area contributed by atoms with E-state index in [2.05, 4.69) is 21.2 Å². The molecule has 6 amide bonds. The van der Waals surface area contributed by atoms with Crippen LogP contribution >= 0.6 is 0 Å². The molecule has 37 heavy (non-hydrogen) atoms. The molecule has 3 aromatic carbocycles. The molecule has 1 heterocycles. The summed E-state index contributed by atoms with van der Waals surface area (Å²) >= 11 is 0. The Bertz CT molecular complexity index is 1430. The second-order valence-corrected chi connectivity index (χ2v) is 8.35. The van der Waals surface area contributed by atoms with Crippen LogP contribution in [0.5, 0.6) is 0 Å². The maximum absolute atomic E-state index is 12.9. The van der Waals surface area contributed by atoms with Gasteiger partial charge < -0.3 is 5.32 Å². The van der Waals surface area contributed by atoms with Crippen molar-refractivity contribution in [2.75, 3.05) is 10.2 Å². The smallest absolute Gasteiger partial charge is 0.322 e. The van der Waals surface area contributed by atoms with Gasteiger partial charge in [0, 0.05) is 23.0 Å². The van der Waals surface area contributed by atoms with Crippen LogP contribution < -0.4 is 21.0 Å². The van der Waals surface area contributed by atoms with E-state index in [1.54, 1.807) is 61.5 Å². The molecule has 186 valence electrons. The summed E-state index contributed by atoms with van der Waals surface area (Å²) < 4.78 is 0. The first kappa shape index (κ1) is 25.0. The van der Waals surface area contributed by atoms with Gasteiger partial charge >= 0.3 is 6.03 Å². The van der Waals surface area contributed by atoms with E-state index in [1.807, 2.05) is 13.0 Å². The van der Waals surface area contributed by atoms with Gasteiger partial charge in [0.25, 0.3) is 17.7 Å². The van der Waals surface area contributed by atoms with Crippen LogP contribution in [-0.4, -0.2) is 35.9 Å². The van der Waals surface area contributed by atoms with Crippen molar-refractivity contribution < 1.29 is 24.0 Å². The lowest BCUT2D eigenvalue weighted by Crippen LogP contribution is -2.59. The minimum atomic E-state index is -1.41. The summed E-state index contributed by atoms with van der Waals surface area (Å²) in [5.41, 5.74) is 5.49. The third kappa shape index (κ3) is 5.59. The van der Waals surface area contributed by atoms with Gasteiger partial charge in [0.05, 0.1) is 5.69 Å². The molecule has 0 bridgehead atoms. The van der Waals surface area contributed by atoms with Gasteiger partial charge in [-0.05, 0) is 61.9 Å². The summed E-state index contributed by atoms with van der Waals surface area (Å²) in [6.45, 7) is 3.62. The normalized spacial score (nSPS) is 15.5. The van der Waals surface area contributed by atoms with Gasteiger partial charge in [-0.15, -0.1) is 0 Å². The van der Waals surface area contributed by atoms with Crippen LogP contribution in [0.1, 0.15) is 31.8 Å². The highest BCUT2D eigenvalue weighted by atomic mass is 16.2. The lowest BCUT2D eigenvalue weighted by atomic mass is 10.0. The standard InChI is InChI=1S/C27H23N5O5/c1-16-6-5-8-19(14-16)23(33)29-20-12-10-18(11-13-20)24(34)31-28-15-21-25(35)30-27(37)32(26(21)36)22-9-4-3-7-17(22)2/h3-15,21H,1-2H3,(H,29,33)(H,31,34)(H,30,35,37)/b28-15-/t21-/m0/s1. The van der Waals surface area contributed by atoms with E-state index in [0.717, 1.165) is 16.7 Å². The number of rotatable bonds is 6. The summed E-state index contributed by atoms with van der Waals surface area (Å²) in [7, 11) is 0. The molecule has 1 atom stereocenters. The van der Waals surface area contributed by atoms with E-state index in [-0.39, 0.29) is 11.5 Å². The molecule has 1 fully saturated rings. The van der Waals surface area contributed by atoms with Crippen molar-refractivity contribution >= 4 is 47.2 Å². The Morgan fingerprint density at radius 3 is 2.32 bits per heavy atom. The number of barbiturate groups is 1. The second kappa shape index (κ2) is 10.6. The number of nitrogens with one attached hydrogen (secondary N) is 3. The fourth-order valence-electron chi connectivity index (χ4n) is 3.69. The van der Waals surface area contributed by atoms with Crippen LogP contribution in [0.15, 0.2) is 77.9 Å². The molecular weight excluding hydrogens is 474 g/mol. The molecule has 1 saturated heterocycles. The van der Waals surface area contributed by atoms with Crippen LogP contribution in [0.3, 0.4) is 0 Å². The zero-order valence-electron chi connectivity index (χ0n) is 20.0. The van der Waals surface area contributed by atoms with Crippen LogP contribution in [0.4, 0.5) is 16.2 Å². The molecule has 3 N–H and O–H groups in total. The molecule has 0 aromatic heterocycles. The number of hydrogen-bond donors (Lipinski definition) is 3. The lowest BCUT2D eigenvalue weighted by Gasteiger charge is -2.29. The monoisotopic (exact) mass is 497 g/mol. The summed E-state index contributed by atoms with van der Waals surface area (Å²) in [5.74, 6) is -3.90. The average molecular weight is 498 g/mol. The number of nitrogens with zero attached hydrogens (tertiary/aromatic N) is 2. The molecule has 1 aliphatic rings. The number of para-hydroxylation sites is 1. The molecule has 0 unspecified atom stereocenters. The zero-order chi connectivity index (χ0) is 26.5. The van der Waals surface area contributed by atoms with Crippen LogP contribution in [0.2, 0.25) is 0 Å². The quantitative estimate of drug-likeness (QED) is 0.273. The maximum atomic E-state index is 12.9. The SMILES string of the molecule is Cc1cccc(C(=O)Nc2ccc(C(=O)N/N=C\[C@H]3C(=O)NC(=O)N(c4ccccc4C)C3=O)cc2)c1. The number of hydrogen-bond acceptors (Lipinski definition) is 6. The summed E-state index contributed by atoms with van der Waals surface area (Å²) in [4.78, 5) is 63.2. The van der Waals surface area contributed by atoms with E-state index in [9.17, 15) is 24.0 Å². The topological polar surface area (TPSA) is 137 Å². The predicted octanol–water partition coefficient (Wildman–Crippen LogP) is 3.17. The fraction of sp³-hybridized carbons (Fsp3) is 0.111. The van der Waals surface area contributed by atoms with Gasteiger partial charge in [-0.1, -0.05) is 35.9 Å². The lowest BCUT2D eigenvalue weighted by molar-refractivity contribution is -0.131. The molecular formula is C27H23N5O5. The number of amides is 6. The maximum Gasteiger partial charge on any atom is 0.335 e. The first-order valence-corrected chi connectivity index (χ1v) is 11.3. The Labute approximate surface area is 212 Å². The number of hydrazone groups is 1. The molecule has 0 saturated carbocycles. The van der Waals surface area contributed by atoms with E-state index in [0.29, 0.717) is 22.5 Å². The third-order valence-electron chi connectivity index (χ3n) is 5.63. The van der Waals surface area contributed by atoms with Gasteiger partial charge in [0.1, 0.15) is 0 Å². The molecule has 0 spiro atoms. The minimum absolute atomic E-state index is 0.238. The zero-order valence-corrected chi connectivity index (χ0v) is 20.0. The fourth-order valence-corrected chi connectivity index (χ4v) is 3.69. The number of carbonyl (C=O) groups excluding carboxylic acids is 5. The average Bonchev–Trinajstić information content (AvgIpc) is 2.87. The van der Waals surface area contributed by atoms with E-state index in [4.69, 9.17) is 0 Å². The Morgan fingerprint density at radius 2 is 1.62 bits per heavy atom. The Kier molecular flexibility index (Phi) is 7.19. The largest absolute Gasteiger partial charge is 0.335 e. The molecule has 3 aromatic rings. The molecule has 0 aliphatic carbocycles. The van der Waals surface area contributed by atoms with Crippen LogP contribution in [0.25, 0.3) is 0 Å². The number of carbonyl (C=O) groups is 5. The number of anilines is 2. The highest BCUT2D eigenvalue weighted by Gasteiger charge is 2.41. The Morgan fingerprint density at radius 1 is 0.892 bits per heavy atom. The van der Waals surface area contributed by atoms with Crippen molar-refractivity contribution in [1.82, 2.24) is 10.7 Å². The van der Waals surface area contributed by atoms with Gasteiger partial charge in [0.2, 0.25) is 5.91 Å². The minimum Gasteiger partial charge on any atom is -0.322 e. The molecule has 10 nitrogen and oxygen atoms in total. The first-order chi connectivity index (χ1) is 17.7. The van der Waals surface area contributed by atoms with Crippen LogP contribution in [0, 0.1) is 19.8 Å². The Balaban J connectivity index is 1.39. The number of aryl methyl sites for hydroxylation is 2. The molecule has 4 rings (SSSR count). The molecule has 0 radical (unpaired) electrons. The van der Waals surface area contributed by atoms with Gasteiger partial charge in [0.15, 0.2) is 5.92 Å². The van der Waals surface area contributed by atoms with Crippen molar-refractivity contribution in [1.29, 1.82) is 0 Å². The highest BCUT2D eigenvalue weighted by Crippen LogP contribution is 2.23. The Hall–Kier alpha value is -5.12.